The van der Waals surface area contributed by atoms with Crippen molar-refractivity contribution in [2.24, 2.45) is 5.73 Å². The maximum atomic E-state index is 11.6. The number of methoxy groups -OCH3 is 1. The maximum Gasteiger partial charge on any atom is 0.154 e. The molecule has 4 nitrogen and oxygen atoms in total. The molecule has 0 aromatic heterocycles. The molecule has 5 heteroatoms. The Morgan fingerprint density at radius 3 is 2.53 bits per heavy atom. The van der Waals surface area contributed by atoms with Crippen molar-refractivity contribution >= 4 is 9.84 Å². The summed E-state index contributed by atoms with van der Waals surface area (Å²) in [6, 6.07) is 5.30. The van der Waals surface area contributed by atoms with Gasteiger partial charge in [0.2, 0.25) is 0 Å². The second kappa shape index (κ2) is 5.51. The van der Waals surface area contributed by atoms with Gasteiger partial charge in [-0.3, -0.25) is 0 Å². The Morgan fingerprint density at radius 1 is 1.41 bits per heavy atom. The Hall–Kier alpha value is -1.07. The quantitative estimate of drug-likeness (QED) is 0.870. The molecule has 0 saturated carbocycles. The van der Waals surface area contributed by atoms with Crippen LogP contribution in [0, 0.1) is 0 Å². The fourth-order valence-electron chi connectivity index (χ4n) is 1.53. The van der Waals surface area contributed by atoms with Crippen molar-refractivity contribution in [2.75, 3.05) is 12.9 Å². The number of hydrogen-bond acceptors (Lipinski definition) is 4. The van der Waals surface area contributed by atoms with Crippen LogP contribution in [0.5, 0.6) is 5.75 Å². The highest BCUT2D eigenvalue weighted by atomic mass is 32.2. The van der Waals surface area contributed by atoms with E-state index >= 15 is 0 Å². The van der Waals surface area contributed by atoms with Gasteiger partial charge in [0.25, 0.3) is 0 Å². The van der Waals surface area contributed by atoms with Crippen LogP contribution in [0.1, 0.15) is 31.0 Å². The molecule has 96 valence electrons. The Balaban J connectivity index is 3.15. The Morgan fingerprint density at radius 2 is 2.06 bits per heavy atom. The summed E-state index contributed by atoms with van der Waals surface area (Å²) < 4.78 is 28.4. The predicted molar refractivity (Wildman–Crippen MR) is 68.8 cm³/mol. The zero-order chi connectivity index (χ0) is 13.1. The molecule has 1 aromatic rings. The molecule has 0 radical (unpaired) electrons. The molecular formula is C12H19NO3S. The lowest BCUT2D eigenvalue weighted by Crippen LogP contribution is -2.10. The highest BCUT2D eigenvalue weighted by Crippen LogP contribution is 2.24. The monoisotopic (exact) mass is 257 g/mol. The van der Waals surface area contributed by atoms with Crippen LogP contribution in [0.15, 0.2) is 18.2 Å². The van der Waals surface area contributed by atoms with Crippen LogP contribution in [0.3, 0.4) is 0 Å². The van der Waals surface area contributed by atoms with E-state index in [9.17, 15) is 8.42 Å². The van der Waals surface area contributed by atoms with Gasteiger partial charge >= 0.3 is 0 Å². The first kappa shape index (κ1) is 14.0. The van der Waals surface area contributed by atoms with Crippen LogP contribution in [-0.2, 0) is 15.6 Å². The van der Waals surface area contributed by atoms with Crippen molar-refractivity contribution < 1.29 is 13.2 Å². The third-order valence-electron chi connectivity index (χ3n) is 2.65. The maximum absolute atomic E-state index is 11.6. The Bertz CT molecular complexity index is 481. The number of nitrogens with two attached hydrogens (primary N) is 1. The van der Waals surface area contributed by atoms with E-state index in [1.807, 2.05) is 13.0 Å². The van der Waals surface area contributed by atoms with Crippen LogP contribution in [0.2, 0.25) is 0 Å². The second-order valence-electron chi connectivity index (χ2n) is 4.04. The Labute approximate surface area is 103 Å². The van der Waals surface area contributed by atoms with Crippen LogP contribution in [-0.4, -0.2) is 21.3 Å². The van der Waals surface area contributed by atoms with Crippen molar-refractivity contribution in [1.29, 1.82) is 0 Å². The van der Waals surface area contributed by atoms with Gasteiger partial charge in [-0.2, -0.15) is 0 Å². The van der Waals surface area contributed by atoms with Gasteiger partial charge in [0.1, 0.15) is 5.75 Å². The van der Waals surface area contributed by atoms with E-state index in [4.69, 9.17) is 10.5 Å². The first-order valence-corrected chi connectivity index (χ1v) is 7.34. The van der Waals surface area contributed by atoms with Crippen molar-refractivity contribution in [1.82, 2.24) is 0 Å². The summed E-state index contributed by atoms with van der Waals surface area (Å²) in [7, 11) is -1.54. The SMILES string of the molecule is CCS(=O)(=O)Cc1cc(C(C)N)ccc1OC. The van der Waals surface area contributed by atoms with Crippen LogP contribution >= 0.6 is 0 Å². The second-order valence-corrected chi connectivity index (χ2v) is 6.39. The minimum Gasteiger partial charge on any atom is -0.496 e. The van der Waals surface area contributed by atoms with Crippen LogP contribution in [0.4, 0.5) is 0 Å². The van der Waals surface area contributed by atoms with Gasteiger partial charge in [-0.15, -0.1) is 0 Å². The highest BCUT2D eigenvalue weighted by molar-refractivity contribution is 7.90. The first-order chi connectivity index (χ1) is 7.89. The smallest absolute Gasteiger partial charge is 0.154 e. The minimum absolute atomic E-state index is 0.00671. The summed E-state index contributed by atoms with van der Waals surface area (Å²) in [5.74, 6) is 0.706. The summed E-state index contributed by atoms with van der Waals surface area (Å²) in [4.78, 5) is 0. The molecule has 17 heavy (non-hydrogen) atoms. The summed E-state index contributed by atoms with van der Waals surface area (Å²) >= 11 is 0. The molecule has 0 spiro atoms. The van der Waals surface area contributed by atoms with Crippen molar-refractivity contribution in [2.45, 2.75) is 25.6 Å². The molecule has 0 saturated heterocycles. The summed E-state index contributed by atoms with van der Waals surface area (Å²) in [6.45, 7) is 3.50. The zero-order valence-electron chi connectivity index (χ0n) is 10.4. The Kier molecular flexibility index (Phi) is 4.54. The molecule has 1 rings (SSSR count). The number of ether oxygens (including phenoxy) is 1. The predicted octanol–water partition coefficient (Wildman–Crippen LogP) is 1.65. The zero-order valence-corrected chi connectivity index (χ0v) is 11.3. The van der Waals surface area contributed by atoms with E-state index < -0.39 is 9.84 Å². The van der Waals surface area contributed by atoms with E-state index in [0.29, 0.717) is 11.3 Å². The van der Waals surface area contributed by atoms with Gasteiger partial charge in [-0.1, -0.05) is 13.0 Å². The largest absolute Gasteiger partial charge is 0.496 e. The van der Waals surface area contributed by atoms with E-state index in [1.165, 1.54) is 7.11 Å². The summed E-state index contributed by atoms with van der Waals surface area (Å²) in [5.41, 5.74) is 7.36. The fourth-order valence-corrected chi connectivity index (χ4v) is 2.44. The molecule has 0 heterocycles. The summed E-state index contributed by atoms with van der Waals surface area (Å²) in [5, 5.41) is 0. The molecule has 0 aliphatic rings. The molecule has 0 bridgehead atoms. The molecule has 0 fully saturated rings. The average Bonchev–Trinajstić information content (AvgIpc) is 2.28. The van der Waals surface area contributed by atoms with Gasteiger partial charge in [0.15, 0.2) is 9.84 Å². The lowest BCUT2D eigenvalue weighted by molar-refractivity contribution is 0.410. The first-order valence-electron chi connectivity index (χ1n) is 5.52. The lowest BCUT2D eigenvalue weighted by Gasteiger charge is -2.12. The van der Waals surface area contributed by atoms with E-state index in [2.05, 4.69) is 0 Å². The molecule has 1 unspecified atom stereocenters. The molecule has 1 aromatic carbocycles. The van der Waals surface area contributed by atoms with Crippen LogP contribution < -0.4 is 10.5 Å². The lowest BCUT2D eigenvalue weighted by atomic mass is 10.1. The van der Waals surface area contributed by atoms with Gasteiger partial charge in [-0.05, 0) is 24.6 Å². The number of sulfone groups is 1. The standard InChI is InChI=1S/C12H19NO3S/c1-4-17(14,15)8-11-7-10(9(2)13)5-6-12(11)16-3/h5-7,9H,4,8,13H2,1-3H3. The average molecular weight is 257 g/mol. The van der Waals surface area contributed by atoms with Crippen molar-refractivity contribution in [3.8, 4) is 5.75 Å². The topological polar surface area (TPSA) is 69.4 Å². The molecule has 1 atom stereocenters. The van der Waals surface area contributed by atoms with Gasteiger partial charge in [0.05, 0.1) is 12.9 Å². The molecule has 0 aliphatic carbocycles. The van der Waals surface area contributed by atoms with Gasteiger partial charge in [0, 0.05) is 17.4 Å². The molecular weight excluding hydrogens is 238 g/mol. The number of hydrogen-bond donors (Lipinski definition) is 1. The molecule has 2 N–H and O–H groups in total. The third kappa shape index (κ3) is 3.71. The van der Waals surface area contributed by atoms with Gasteiger partial charge < -0.3 is 10.5 Å². The summed E-state index contributed by atoms with van der Waals surface area (Å²) in [6.07, 6.45) is 0. The third-order valence-corrected chi connectivity index (χ3v) is 4.28. The van der Waals surface area contributed by atoms with Crippen molar-refractivity contribution in [3.63, 3.8) is 0 Å². The van der Waals surface area contributed by atoms with E-state index in [1.54, 1.807) is 19.1 Å². The van der Waals surface area contributed by atoms with Gasteiger partial charge in [-0.25, -0.2) is 8.42 Å². The van der Waals surface area contributed by atoms with Crippen LogP contribution in [0.25, 0.3) is 0 Å². The number of benzene rings is 1. The molecule has 0 amide bonds. The highest BCUT2D eigenvalue weighted by Gasteiger charge is 2.14. The fraction of sp³-hybridized carbons (Fsp3) is 0.500. The minimum atomic E-state index is -3.07. The van der Waals surface area contributed by atoms with E-state index in [0.717, 1.165) is 5.56 Å². The van der Waals surface area contributed by atoms with Crippen molar-refractivity contribution in [3.05, 3.63) is 29.3 Å². The van der Waals surface area contributed by atoms with E-state index in [-0.39, 0.29) is 17.5 Å². The number of rotatable bonds is 5. The normalized spacial score (nSPS) is 13.4. The molecule has 0 aliphatic heterocycles.